The highest BCUT2D eigenvalue weighted by molar-refractivity contribution is 7.88. The standard InChI is InChI=1S/C22H21FN2O4S/c1-30(27,28)25-21(16-7-9-17(23)10-8-16)15-22(26)24-18-11-13-20(14-12-18)29-19-5-3-2-4-6-19/h2-14,21,25H,15H2,1H3,(H,24,26)/t21-/m1/s1. The van der Waals surface area contributed by atoms with Crippen molar-refractivity contribution >= 4 is 21.6 Å². The Morgan fingerprint density at radius 2 is 1.53 bits per heavy atom. The number of sulfonamides is 1. The number of carbonyl (C=O) groups is 1. The third kappa shape index (κ3) is 6.68. The molecule has 3 aromatic rings. The summed E-state index contributed by atoms with van der Waals surface area (Å²) >= 11 is 0. The Bertz CT molecular complexity index is 1090. The lowest BCUT2D eigenvalue weighted by atomic mass is 10.0. The van der Waals surface area contributed by atoms with Gasteiger partial charge in [0.15, 0.2) is 0 Å². The van der Waals surface area contributed by atoms with Gasteiger partial charge < -0.3 is 10.1 Å². The average molecular weight is 428 g/mol. The first-order valence-corrected chi connectivity index (χ1v) is 11.0. The molecule has 0 aliphatic heterocycles. The number of para-hydroxylation sites is 1. The number of carbonyl (C=O) groups excluding carboxylic acids is 1. The van der Waals surface area contributed by atoms with Crippen LogP contribution in [0, 0.1) is 5.82 Å². The van der Waals surface area contributed by atoms with Gasteiger partial charge in [-0.25, -0.2) is 17.5 Å². The first-order valence-electron chi connectivity index (χ1n) is 9.14. The largest absolute Gasteiger partial charge is 0.457 e. The van der Waals surface area contributed by atoms with Gasteiger partial charge in [-0.15, -0.1) is 0 Å². The van der Waals surface area contributed by atoms with Crippen molar-refractivity contribution in [1.82, 2.24) is 4.72 Å². The molecule has 1 amide bonds. The Morgan fingerprint density at radius 3 is 2.13 bits per heavy atom. The number of benzene rings is 3. The van der Waals surface area contributed by atoms with Crippen LogP contribution < -0.4 is 14.8 Å². The van der Waals surface area contributed by atoms with E-state index in [9.17, 15) is 17.6 Å². The normalized spacial score (nSPS) is 12.2. The predicted molar refractivity (Wildman–Crippen MR) is 113 cm³/mol. The Hall–Kier alpha value is -3.23. The molecule has 0 saturated carbocycles. The number of rotatable bonds is 8. The molecule has 6 nitrogen and oxygen atoms in total. The van der Waals surface area contributed by atoms with E-state index in [1.807, 2.05) is 30.3 Å². The highest BCUT2D eigenvalue weighted by atomic mass is 32.2. The first kappa shape index (κ1) is 21.5. The molecular formula is C22H21FN2O4S. The SMILES string of the molecule is CS(=O)(=O)N[C@H](CC(=O)Nc1ccc(Oc2ccccc2)cc1)c1ccc(F)cc1. The van der Waals surface area contributed by atoms with E-state index in [2.05, 4.69) is 10.0 Å². The molecular weight excluding hydrogens is 407 g/mol. The number of hydrogen-bond donors (Lipinski definition) is 2. The maximum Gasteiger partial charge on any atom is 0.226 e. The van der Waals surface area contributed by atoms with Crippen molar-refractivity contribution in [3.05, 3.63) is 90.2 Å². The molecule has 1 atom stereocenters. The van der Waals surface area contributed by atoms with E-state index in [-0.39, 0.29) is 6.42 Å². The van der Waals surface area contributed by atoms with Gasteiger partial charge in [0.25, 0.3) is 0 Å². The van der Waals surface area contributed by atoms with Crippen LogP contribution in [-0.4, -0.2) is 20.6 Å². The minimum atomic E-state index is -3.58. The summed E-state index contributed by atoms with van der Waals surface area (Å²) in [5.41, 5.74) is 1.03. The van der Waals surface area contributed by atoms with Gasteiger partial charge in [-0.1, -0.05) is 30.3 Å². The summed E-state index contributed by atoms with van der Waals surface area (Å²) < 4.78 is 44.7. The Labute approximate surface area is 174 Å². The van der Waals surface area contributed by atoms with Crippen molar-refractivity contribution in [2.75, 3.05) is 11.6 Å². The van der Waals surface area contributed by atoms with Gasteiger partial charge in [0, 0.05) is 12.1 Å². The molecule has 0 aromatic heterocycles. The Balaban J connectivity index is 1.65. The molecule has 0 saturated heterocycles. The summed E-state index contributed by atoms with van der Waals surface area (Å²) in [6, 6.07) is 20.6. The van der Waals surface area contributed by atoms with Gasteiger partial charge in [-0.3, -0.25) is 4.79 Å². The van der Waals surface area contributed by atoms with Gasteiger partial charge in [-0.05, 0) is 54.1 Å². The first-order chi connectivity index (χ1) is 14.3. The fourth-order valence-electron chi connectivity index (χ4n) is 2.81. The van der Waals surface area contributed by atoms with E-state index in [0.717, 1.165) is 6.26 Å². The van der Waals surface area contributed by atoms with Crippen molar-refractivity contribution in [3.63, 3.8) is 0 Å². The van der Waals surface area contributed by atoms with E-state index < -0.39 is 27.8 Å². The van der Waals surface area contributed by atoms with Crippen molar-refractivity contribution < 1.29 is 22.3 Å². The Kier molecular flexibility index (Phi) is 6.81. The molecule has 3 rings (SSSR count). The minimum absolute atomic E-state index is 0.152. The predicted octanol–water partition coefficient (Wildman–Crippen LogP) is 4.24. The van der Waals surface area contributed by atoms with Gasteiger partial charge >= 0.3 is 0 Å². The average Bonchev–Trinajstić information content (AvgIpc) is 2.69. The molecule has 0 aliphatic rings. The number of nitrogens with one attached hydrogen (secondary N) is 2. The van der Waals surface area contributed by atoms with Crippen LogP contribution in [0.4, 0.5) is 10.1 Å². The fraction of sp³-hybridized carbons (Fsp3) is 0.136. The summed E-state index contributed by atoms with van der Waals surface area (Å²) in [5, 5.41) is 2.73. The second-order valence-corrected chi connectivity index (χ2v) is 8.47. The fourth-order valence-corrected chi connectivity index (χ4v) is 3.55. The Morgan fingerprint density at radius 1 is 0.933 bits per heavy atom. The molecule has 0 aliphatic carbocycles. The number of halogens is 1. The number of anilines is 1. The van der Waals surface area contributed by atoms with E-state index in [0.29, 0.717) is 22.7 Å². The van der Waals surface area contributed by atoms with Gasteiger partial charge in [-0.2, -0.15) is 0 Å². The van der Waals surface area contributed by atoms with Gasteiger partial charge in [0.05, 0.1) is 12.3 Å². The second-order valence-electron chi connectivity index (χ2n) is 6.69. The van der Waals surface area contributed by atoms with Crippen LogP contribution in [0.25, 0.3) is 0 Å². The zero-order chi connectivity index (χ0) is 21.6. The van der Waals surface area contributed by atoms with E-state index >= 15 is 0 Å². The number of ether oxygens (including phenoxy) is 1. The summed E-state index contributed by atoms with van der Waals surface area (Å²) in [7, 11) is -3.58. The second kappa shape index (κ2) is 9.51. The topological polar surface area (TPSA) is 84.5 Å². The van der Waals surface area contributed by atoms with Gasteiger partial charge in [0.1, 0.15) is 17.3 Å². The van der Waals surface area contributed by atoms with Crippen molar-refractivity contribution in [2.45, 2.75) is 12.5 Å². The summed E-state index contributed by atoms with van der Waals surface area (Å²) in [6.07, 6.45) is 0.855. The summed E-state index contributed by atoms with van der Waals surface area (Å²) in [4.78, 5) is 12.5. The van der Waals surface area contributed by atoms with Crippen LogP contribution >= 0.6 is 0 Å². The van der Waals surface area contributed by atoms with E-state index in [4.69, 9.17) is 4.74 Å². The third-order valence-electron chi connectivity index (χ3n) is 4.14. The zero-order valence-electron chi connectivity index (χ0n) is 16.2. The molecule has 0 spiro atoms. The lowest BCUT2D eigenvalue weighted by molar-refractivity contribution is -0.116. The third-order valence-corrected chi connectivity index (χ3v) is 4.85. The quantitative estimate of drug-likeness (QED) is 0.562. The number of amides is 1. The molecule has 0 heterocycles. The molecule has 0 bridgehead atoms. The molecule has 30 heavy (non-hydrogen) atoms. The number of hydrogen-bond acceptors (Lipinski definition) is 4. The molecule has 2 N–H and O–H groups in total. The highest BCUT2D eigenvalue weighted by Crippen LogP contribution is 2.24. The van der Waals surface area contributed by atoms with Crippen LogP contribution in [0.1, 0.15) is 18.0 Å². The minimum Gasteiger partial charge on any atom is -0.457 e. The molecule has 8 heteroatoms. The van der Waals surface area contributed by atoms with Crippen molar-refractivity contribution in [1.29, 1.82) is 0 Å². The zero-order valence-corrected chi connectivity index (χ0v) is 17.0. The molecule has 3 aromatic carbocycles. The van der Waals surface area contributed by atoms with Crippen LogP contribution in [0.3, 0.4) is 0 Å². The maximum absolute atomic E-state index is 13.2. The van der Waals surface area contributed by atoms with Crippen LogP contribution in [0.2, 0.25) is 0 Å². The monoisotopic (exact) mass is 428 g/mol. The summed E-state index contributed by atoms with van der Waals surface area (Å²) in [6.45, 7) is 0. The molecule has 156 valence electrons. The van der Waals surface area contributed by atoms with Crippen LogP contribution in [-0.2, 0) is 14.8 Å². The van der Waals surface area contributed by atoms with Crippen LogP contribution in [0.5, 0.6) is 11.5 Å². The molecule has 0 fully saturated rings. The van der Waals surface area contributed by atoms with Crippen molar-refractivity contribution in [3.8, 4) is 11.5 Å². The maximum atomic E-state index is 13.2. The van der Waals surface area contributed by atoms with Crippen LogP contribution in [0.15, 0.2) is 78.9 Å². The molecule has 0 unspecified atom stereocenters. The van der Waals surface area contributed by atoms with Crippen molar-refractivity contribution in [2.24, 2.45) is 0 Å². The smallest absolute Gasteiger partial charge is 0.226 e. The lowest BCUT2D eigenvalue weighted by Gasteiger charge is -2.18. The van der Waals surface area contributed by atoms with Gasteiger partial charge in [0.2, 0.25) is 15.9 Å². The van der Waals surface area contributed by atoms with E-state index in [1.54, 1.807) is 24.3 Å². The lowest BCUT2D eigenvalue weighted by Crippen LogP contribution is -2.30. The summed E-state index contributed by atoms with van der Waals surface area (Å²) in [5.74, 6) is 0.474. The highest BCUT2D eigenvalue weighted by Gasteiger charge is 2.20. The van der Waals surface area contributed by atoms with E-state index in [1.165, 1.54) is 24.3 Å². The molecule has 0 radical (unpaired) electrons.